The molecule has 1 unspecified atom stereocenters. The highest BCUT2D eigenvalue weighted by Crippen LogP contribution is 2.43. The van der Waals surface area contributed by atoms with Crippen molar-refractivity contribution in [2.24, 2.45) is 0 Å². The van der Waals surface area contributed by atoms with Gasteiger partial charge in [0.25, 0.3) is 5.91 Å². The summed E-state index contributed by atoms with van der Waals surface area (Å²) in [4.78, 5) is 31.8. The number of amides is 1. The number of fused-ring (bicyclic) bond motifs is 1. The Morgan fingerprint density at radius 1 is 1.21 bits per heavy atom. The van der Waals surface area contributed by atoms with E-state index in [4.69, 9.17) is 0 Å². The van der Waals surface area contributed by atoms with E-state index in [1.807, 2.05) is 43.3 Å². The summed E-state index contributed by atoms with van der Waals surface area (Å²) >= 11 is 1.40. The maximum Gasteiger partial charge on any atom is 0.296 e. The Morgan fingerprint density at radius 3 is 2.69 bits per heavy atom. The van der Waals surface area contributed by atoms with Gasteiger partial charge in [-0.15, -0.1) is 0 Å². The molecule has 2 aromatic carbocycles. The highest BCUT2D eigenvalue weighted by Gasteiger charge is 2.45. The van der Waals surface area contributed by atoms with Crippen molar-refractivity contribution in [3.63, 3.8) is 0 Å². The van der Waals surface area contributed by atoms with Gasteiger partial charge in [-0.3, -0.25) is 14.5 Å². The fourth-order valence-corrected chi connectivity index (χ4v) is 4.77. The molecule has 0 bridgehead atoms. The fourth-order valence-electron chi connectivity index (χ4n) is 3.71. The lowest BCUT2D eigenvalue weighted by atomic mass is 9.94. The maximum absolute atomic E-state index is 13.0. The van der Waals surface area contributed by atoms with Gasteiger partial charge >= 0.3 is 0 Å². The van der Waals surface area contributed by atoms with Crippen molar-refractivity contribution in [3.05, 3.63) is 70.5 Å². The van der Waals surface area contributed by atoms with Crippen LogP contribution in [0, 0.1) is 6.92 Å². The van der Waals surface area contributed by atoms with Crippen molar-refractivity contribution in [2.75, 3.05) is 4.90 Å². The first-order valence-corrected chi connectivity index (χ1v) is 10.5. The molecule has 4 rings (SSSR count). The number of carbonyl (C=O) groups is 2. The number of carbonyl (C=O) groups excluding carboxylic acids is 2. The SMILES string of the molecule is CCC(=O)C1=C(O)C(=O)N(c2nc3ccc(CC)cc3s2)C1c1cccc(C)c1. The number of rotatable bonds is 5. The number of anilines is 1. The number of nitrogens with zero attached hydrogens (tertiary/aromatic N) is 2. The summed E-state index contributed by atoms with van der Waals surface area (Å²) < 4.78 is 0.977. The first-order valence-electron chi connectivity index (χ1n) is 9.70. The van der Waals surface area contributed by atoms with Crippen LogP contribution in [0.15, 0.2) is 53.8 Å². The highest BCUT2D eigenvalue weighted by molar-refractivity contribution is 7.22. The van der Waals surface area contributed by atoms with Gasteiger partial charge in [0.2, 0.25) is 0 Å². The second-order valence-electron chi connectivity index (χ2n) is 7.18. The predicted octanol–water partition coefficient (Wildman–Crippen LogP) is 5.05. The number of thiazole rings is 1. The van der Waals surface area contributed by atoms with Gasteiger partial charge in [0, 0.05) is 6.42 Å². The molecule has 1 amide bonds. The van der Waals surface area contributed by atoms with Gasteiger partial charge in [0.15, 0.2) is 16.7 Å². The minimum atomic E-state index is -0.680. The Balaban J connectivity index is 1.89. The van der Waals surface area contributed by atoms with Crippen molar-refractivity contribution in [1.82, 2.24) is 4.98 Å². The predicted molar refractivity (Wildman–Crippen MR) is 115 cm³/mol. The van der Waals surface area contributed by atoms with Crippen molar-refractivity contribution in [3.8, 4) is 0 Å². The number of benzene rings is 2. The van der Waals surface area contributed by atoms with E-state index >= 15 is 0 Å². The summed E-state index contributed by atoms with van der Waals surface area (Å²) in [7, 11) is 0. The highest BCUT2D eigenvalue weighted by atomic mass is 32.1. The second kappa shape index (κ2) is 7.44. The molecule has 0 aliphatic carbocycles. The van der Waals surface area contributed by atoms with Crippen LogP contribution < -0.4 is 4.90 Å². The summed E-state index contributed by atoms with van der Waals surface area (Å²) in [5.74, 6) is -1.29. The molecule has 0 radical (unpaired) electrons. The van der Waals surface area contributed by atoms with Gasteiger partial charge in [-0.25, -0.2) is 4.98 Å². The van der Waals surface area contributed by atoms with Crippen LogP contribution >= 0.6 is 11.3 Å². The number of aromatic nitrogens is 1. The minimum Gasteiger partial charge on any atom is -0.503 e. The molecule has 1 aliphatic rings. The summed E-state index contributed by atoms with van der Waals surface area (Å²) in [5, 5.41) is 11.1. The quantitative estimate of drug-likeness (QED) is 0.644. The van der Waals surface area contributed by atoms with E-state index in [-0.39, 0.29) is 17.8 Å². The Bertz CT molecular complexity index is 1160. The van der Waals surface area contributed by atoms with Crippen LogP contribution in [0.3, 0.4) is 0 Å². The third kappa shape index (κ3) is 3.23. The normalized spacial score (nSPS) is 16.9. The number of hydrogen-bond acceptors (Lipinski definition) is 5. The Hall–Kier alpha value is -2.99. The van der Waals surface area contributed by atoms with Crippen LogP contribution in [0.25, 0.3) is 10.2 Å². The summed E-state index contributed by atoms with van der Waals surface area (Å²) in [6.07, 6.45) is 1.12. The smallest absolute Gasteiger partial charge is 0.296 e. The molecular formula is C23H22N2O3S. The molecule has 148 valence electrons. The van der Waals surface area contributed by atoms with Crippen molar-refractivity contribution < 1.29 is 14.7 Å². The zero-order valence-electron chi connectivity index (χ0n) is 16.6. The molecule has 0 spiro atoms. The van der Waals surface area contributed by atoms with Gasteiger partial charge in [-0.05, 0) is 36.6 Å². The molecule has 0 saturated heterocycles. The van der Waals surface area contributed by atoms with Crippen LogP contribution in [0.4, 0.5) is 5.13 Å². The lowest BCUT2D eigenvalue weighted by molar-refractivity contribution is -0.118. The maximum atomic E-state index is 13.0. The molecule has 5 nitrogen and oxygen atoms in total. The van der Waals surface area contributed by atoms with E-state index in [1.54, 1.807) is 6.92 Å². The average Bonchev–Trinajstić information content (AvgIpc) is 3.25. The topological polar surface area (TPSA) is 70.5 Å². The molecule has 0 fully saturated rings. The largest absolute Gasteiger partial charge is 0.503 e. The van der Waals surface area contributed by atoms with Gasteiger partial charge < -0.3 is 5.11 Å². The molecular weight excluding hydrogens is 384 g/mol. The van der Waals surface area contributed by atoms with Gasteiger partial charge in [-0.2, -0.15) is 0 Å². The molecule has 2 heterocycles. The molecule has 1 aromatic heterocycles. The molecule has 29 heavy (non-hydrogen) atoms. The number of hydrogen-bond donors (Lipinski definition) is 1. The third-order valence-electron chi connectivity index (χ3n) is 5.24. The van der Waals surface area contributed by atoms with Gasteiger partial charge in [-0.1, -0.05) is 61.1 Å². The third-order valence-corrected chi connectivity index (χ3v) is 6.26. The Labute approximate surface area is 173 Å². The molecule has 1 N–H and O–H groups in total. The fraction of sp³-hybridized carbons (Fsp3) is 0.261. The molecule has 1 atom stereocenters. The van der Waals surface area contributed by atoms with Crippen molar-refractivity contribution >= 4 is 38.4 Å². The van der Waals surface area contributed by atoms with Crippen LogP contribution in [0.1, 0.15) is 43.0 Å². The lowest BCUT2D eigenvalue weighted by Gasteiger charge is -2.24. The van der Waals surface area contributed by atoms with Crippen LogP contribution in [0.2, 0.25) is 0 Å². The summed E-state index contributed by atoms with van der Waals surface area (Å²) in [6, 6.07) is 13.0. The standard InChI is InChI=1S/C23H22N2O3S/c1-4-14-9-10-16-18(12-14)29-23(24-16)25-20(15-8-6-7-13(3)11-15)19(17(26)5-2)21(27)22(25)28/h6-12,20,27H,4-5H2,1-3H3. The Kier molecular flexibility index (Phi) is 4.96. The molecule has 3 aromatic rings. The van der Waals surface area contributed by atoms with Crippen LogP contribution in [-0.4, -0.2) is 21.8 Å². The van der Waals surface area contributed by atoms with Crippen molar-refractivity contribution in [2.45, 2.75) is 39.7 Å². The second-order valence-corrected chi connectivity index (χ2v) is 8.19. The molecule has 6 heteroatoms. The first-order chi connectivity index (χ1) is 13.9. The average molecular weight is 407 g/mol. The zero-order chi connectivity index (χ0) is 20.7. The zero-order valence-corrected chi connectivity index (χ0v) is 17.4. The van der Waals surface area contributed by atoms with Crippen molar-refractivity contribution in [1.29, 1.82) is 0 Å². The van der Waals surface area contributed by atoms with E-state index < -0.39 is 17.7 Å². The molecule has 1 aliphatic heterocycles. The van der Waals surface area contributed by atoms with E-state index in [1.165, 1.54) is 21.8 Å². The molecule has 0 saturated carbocycles. The minimum absolute atomic E-state index is 0.150. The summed E-state index contributed by atoms with van der Waals surface area (Å²) in [6.45, 7) is 5.78. The number of aliphatic hydroxyl groups is 1. The number of aliphatic hydroxyl groups excluding tert-OH is 1. The van der Waals surface area contributed by atoms with E-state index in [2.05, 4.69) is 18.0 Å². The van der Waals surface area contributed by atoms with E-state index in [0.717, 1.165) is 27.8 Å². The van der Waals surface area contributed by atoms with E-state index in [0.29, 0.717) is 5.13 Å². The monoisotopic (exact) mass is 406 g/mol. The van der Waals surface area contributed by atoms with Gasteiger partial charge in [0.1, 0.15) is 0 Å². The Morgan fingerprint density at radius 2 is 2.00 bits per heavy atom. The van der Waals surface area contributed by atoms with Crippen LogP contribution in [-0.2, 0) is 16.0 Å². The van der Waals surface area contributed by atoms with Gasteiger partial charge in [0.05, 0.1) is 21.8 Å². The number of Topliss-reactive ketones (excluding diaryl/α,β-unsaturated/α-hetero) is 1. The van der Waals surface area contributed by atoms with E-state index in [9.17, 15) is 14.7 Å². The first kappa shape index (κ1) is 19.3. The van der Waals surface area contributed by atoms with Crippen LogP contribution in [0.5, 0.6) is 0 Å². The number of ketones is 1. The number of aryl methyl sites for hydroxylation is 2. The summed E-state index contributed by atoms with van der Waals surface area (Å²) in [5.41, 5.74) is 3.94. The lowest BCUT2D eigenvalue weighted by Crippen LogP contribution is -2.30.